The van der Waals surface area contributed by atoms with Crippen LogP contribution in [0.4, 0.5) is 0 Å². The summed E-state index contributed by atoms with van der Waals surface area (Å²) in [6, 6.07) is 0. The number of carbonyl (C=O) groups is 1. The normalized spacial score (nSPS) is 14.6. The topological polar surface area (TPSA) is 29.1 Å². The fraction of sp³-hybridized carbons (Fsp3) is 0.786. The van der Waals surface area contributed by atoms with Crippen molar-refractivity contribution in [3.8, 4) is 0 Å². The van der Waals surface area contributed by atoms with Gasteiger partial charge in [-0.1, -0.05) is 40.2 Å². The molecule has 0 aliphatic carbocycles. The van der Waals surface area contributed by atoms with Gasteiger partial charge >= 0.3 is 0 Å². The maximum absolute atomic E-state index is 11.6. The van der Waals surface area contributed by atoms with E-state index in [4.69, 9.17) is 0 Å². The number of rotatable bonds is 7. The highest BCUT2D eigenvalue weighted by Gasteiger charge is 2.23. The highest BCUT2D eigenvalue weighted by molar-refractivity contribution is 5.92. The summed E-state index contributed by atoms with van der Waals surface area (Å²) >= 11 is 0. The Kier molecular flexibility index (Phi) is 6.39. The van der Waals surface area contributed by atoms with Gasteiger partial charge in [0, 0.05) is 11.1 Å². The van der Waals surface area contributed by atoms with Crippen LogP contribution < -0.4 is 5.32 Å². The summed E-state index contributed by atoms with van der Waals surface area (Å²) in [6.07, 6.45) is 4.39. The van der Waals surface area contributed by atoms with E-state index in [2.05, 4.69) is 39.6 Å². The van der Waals surface area contributed by atoms with Gasteiger partial charge in [0.2, 0.25) is 5.91 Å². The second-order valence-corrected chi connectivity index (χ2v) is 5.43. The molecule has 1 amide bonds. The van der Waals surface area contributed by atoms with E-state index in [-0.39, 0.29) is 11.4 Å². The molecule has 1 N–H and O–H groups in total. The van der Waals surface area contributed by atoms with Crippen LogP contribution in [-0.2, 0) is 4.79 Å². The summed E-state index contributed by atoms with van der Waals surface area (Å²) in [6.45, 7) is 14.1. The zero-order valence-electron chi connectivity index (χ0n) is 11.5. The molecule has 0 aliphatic rings. The third kappa shape index (κ3) is 5.94. The molecule has 0 aromatic heterocycles. The van der Waals surface area contributed by atoms with Crippen LogP contribution in [0.2, 0.25) is 0 Å². The third-order valence-electron chi connectivity index (χ3n) is 3.09. The second kappa shape index (κ2) is 6.72. The highest BCUT2D eigenvalue weighted by atomic mass is 16.1. The molecule has 0 saturated heterocycles. The van der Waals surface area contributed by atoms with Crippen LogP contribution in [0.5, 0.6) is 0 Å². The average molecular weight is 225 g/mol. The Bertz CT molecular complexity index is 245. The van der Waals surface area contributed by atoms with Gasteiger partial charge in [0.05, 0.1) is 0 Å². The molecule has 2 heteroatoms. The standard InChI is InChI=1S/C14H27NO/c1-7-14(6,10-8-9-11(2)3)15-13(16)12(4)5/h11H,4,7-10H2,1-3,5-6H3,(H,15,16). The first-order chi connectivity index (χ1) is 7.30. The predicted octanol–water partition coefficient (Wildman–Crippen LogP) is 3.67. The van der Waals surface area contributed by atoms with Gasteiger partial charge in [-0.25, -0.2) is 0 Å². The maximum atomic E-state index is 11.6. The molecule has 94 valence electrons. The zero-order valence-corrected chi connectivity index (χ0v) is 11.5. The van der Waals surface area contributed by atoms with E-state index in [1.165, 1.54) is 12.8 Å². The first-order valence-electron chi connectivity index (χ1n) is 6.28. The van der Waals surface area contributed by atoms with Crippen LogP contribution in [-0.4, -0.2) is 11.4 Å². The summed E-state index contributed by atoms with van der Waals surface area (Å²) in [7, 11) is 0. The quantitative estimate of drug-likeness (QED) is 0.658. The summed E-state index contributed by atoms with van der Waals surface area (Å²) in [4.78, 5) is 11.6. The lowest BCUT2D eigenvalue weighted by atomic mass is 9.90. The third-order valence-corrected chi connectivity index (χ3v) is 3.09. The van der Waals surface area contributed by atoms with Crippen molar-refractivity contribution in [1.82, 2.24) is 5.32 Å². The van der Waals surface area contributed by atoms with Crippen LogP contribution in [0.3, 0.4) is 0 Å². The molecule has 0 rings (SSSR count). The molecule has 16 heavy (non-hydrogen) atoms. The lowest BCUT2D eigenvalue weighted by molar-refractivity contribution is -0.119. The fourth-order valence-electron chi connectivity index (χ4n) is 1.61. The van der Waals surface area contributed by atoms with Crippen molar-refractivity contribution in [2.24, 2.45) is 5.92 Å². The molecule has 0 fully saturated rings. The smallest absolute Gasteiger partial charge is 0.246 e. The van der Waals surface area contributed by atoms with Crippen molar-refractivity contribution in [2.75, 3.05) is 0 Å². The minimum atomic E-state index is -0.0784. The van der Waals surface area contributed by atoms with Gasteiger partial charge in [-0.15, -0.1) is 0 Å². The van der Waals surface area contributed by atoms with Crippen molar-refractivity contribution < 1.29 is 4.79 Å². The summed E-state index contributed by atoms with van der Waals surface area (Å²) in [5.41, 5.74) is 0.508. The van der Waals surface area contributed by atoms with Crippen molar-refractivity contribution >= 4 is 5.91 Å². The van der Waals surface area contributed by atoms with E-state index < -0.39 is 0 Å². The van der Waals surface area contributed by atoms with Gasteiger partial charge in [0.1, 0.15) is 0 Å². The monoisotopic (exact) mass is 225 g/mol. The van der Waals surface area contributed by atoms with E-state index in [9.17, 15) is 4.79 Å². The maximum Gasteiger partial charge on any atom is 0.246 e. The average Bonchev–Trinajstić information content (AvgIpc) is 2.16. The minimum Gasteiger partial charge on any atom is -0.347 e. The summed E-state index contributed by atoms with van der Waals surface area (Å²) in [5, 5.41) is 3.08. The molecule has 0 aliphatic heterocycles. The Balaban J connectivity index is 4.20. The van der Waals surface area contributed by atoms with Gasteiger partial charge in [0.25, 0.3) is 0 Å². The second-order valence-electron chi connectivity index (χ2n) is 5.43. The molecular formula is C14H27NO. The number of carbonyl (C=O) groups excluding carboxylic acids is 1. The van der Waals surface area contributed by atoms with Crippen LogP contribution in [0.25, 0.3) is 0 Å². The Hall–Kier alpha value is -0.790. The molecule has 0 saturated carbocycles. The van der Waals surface area contributed by atoms with Crippen LogP contribution in [0, 0.1) is 5.92 Å². The first kappa shape index (κ1) is 15.2. The van der Waals surface area contributed by atoms with Crippen molar-refractivity contribution in [1.29, 1.82) is 0 Å². The number of hydrogen-bond acceptors (Lipinski definition) is 1. The highest BCUT2D eigenvalue weighted by Crippen LogP contribution is 2.20. The first-order valence-corrected chi connectivity index (χ1v) is 6.28. The van der Waals surface area contributed by atoms with Crippen LogP contribution >= 0.6 is 0 Å². The van der Waals surface area contributed by atoms with E-state index in [1.807, 2.05) is 0 Å². The molecule has 2 nitrogen and oxygen atoms in total. The molecular weight excluding hydrogens is 198 g/mol. The lowest BCUT2D eigenvalue weighted by Crippen LogP contribution is -2.45. The van der Waals surface area contributed by atoms with Gasteiger partial charge in [0.15, 0.2) is 0 Å². The van der Waals surface area contributed by atoms with E-state index in [0.717, 1.165) is 18.8 Å². The minimum absolute atomic E-state index is 0.0195. The number of nitrogens with one attached hydrogen (secondary N) is 1. The Morgan fingerprint density at radius 1 is 1.44 bits per heavy atom. The molecule has 0 heterocycles. The van der Waals surface area contributed by atoms with Crippen molar-refractivity contribution in [3.63, 3.8) is 0 Å². The van der Waals surface area contributed by atoms with Crippen molar-refractivity contribution in [2.45, 2.75) is 65.8 Å². The van der Waals surface area contributed by atoms with Crippen molar-refractivity contribution in [3.05, 3.63) is 12.2 Å². The van der Waals surface area contributed by atoms with E-state index >= 15 is 0 Å². The molecule has 0 radical (unpaired) electrons. The van der Waals surface area contributed by atoms with E-state index in [0.29, 0.717) is 5.57 Å². The van der Waals surface area contributed by atoms with Gasteiger partial charge in [-0.3, -0.25) is 4.79 Å². The molecule has 0 bridgehead atoms. The van der Waals surface area contributed by atoms with Crippen LogP contribution in [0.1, 0.15) is 60.3 Å². The molecule has 0 aromatic rings. The van der Waals surface area contributed by atoms with E-state index in [1.54, 1.807) is 6.92 Å². The van der Waals surface area contributed by atoms with Crippen LogP contribution in [0.15, 0.2) is 12.2 Å². The zero-order chi connectivity index (χ0) is 12.8. The SMILES string of the molecule is C=C(C)C(=O)NC(C)(CC)CCCC(C)C. The van der Waals surface area contributed by atoms with Gasteiger partial charge < -0.3 is 5.32 Å². The number of hydrogen-bond donors (Lipinski definition) is 1. The van der Waals surface area contributed by atoms with Gasteiger partial charge in [-0.2, -0.15) is 0 Å². The molecule has 1 unspecified atom stereocenters. The predicted molar refractivity (Wildman–Crippen MR) is 70.3 cm³/mol. The Morgan fingerprint density at radius 3 is 2.38 bits per heavy atom. The Labute approximate surface area is 101 Å². The molecule has 1 atom stereocenters. The van der Waals surface area contributed by atoms with Gasteiger partial charge in [-0.05, 0) is 32.6 Å². The molecule has 0 aromatic carbocycles. The Morgan fingerprint density at radius 2 is 2.00 bits per heavy atom. The number of amides is 1. The summed E-state index contributed by atoms with van der Waals surface area (Å²) < 4.78 is 0. The largest absolute Gasteiger partial charge is 0.347 e. The lowest BCUT2D eigenvalue weighted by Gasteiger charge is -2.30. The summed E-state index contributed by atoms with van der Waals surface area (Å²) in [5.74, 6) is 0.715. The fourth-order valence-corrected chi connectivity index (χ4v) is 1.61. The molecule has 0 spiro atoms.